The van der Waals surface area contributed by atoms with Crippen LogP contribution >= 0.6 is 0 Å². The summed E-state index contributed by atoms with van der Waals surface area (Å²) in [6.45, 7) is 2.11. The first-order chi connectivity index (χ1) is 8.24. The van der Waals surface area contributed by atoms with Crippen LogP contribution in [0.5, 0.6) is 0 Å². The molecular formula is C15H14N2. The van der Waals surface area contributed by atoms with Crippen LogP contribution in [0.1, 0.15) is 5.56 Å². The van der Waals surface area contributed by atoms with Crippen LogP contribution in [0.3, 0.4) is 0 Å². The fraction of sp³-hybridized carbons (Fsp3) is 0.133. The van der Waals surface area contributed by atoms with E-state index in [2.05, 4.69) is 54.6 Å². The Kier molecular flexibility index (Phi) is 2.22. The first kappa shape index (κ1) is 10.1. The van der Waals surface area contributed by atoms with Crippen molar-refractivity contribution in [1.82, 2.24) is 9.78 Å². The number of hydrogen-bond donors (Lipinski definition) is 0. The molecular weight excluding hydrogens is 208 g/mol. The summed E-state index contributed by atoms with van der Waals surface area (Å²) in [7, 11) is 1.96. The standard InChI is InChI=1S/C15H14N2/c1-11-6-8-12(9-7-11)13-4-3-5-15-14(13)10-17(2)16-15/h3-10H,1-2H3. The lowest BCUT2D eigenvalue weighted by Gasteiger charge is -2.03. The highest BCUT2D eigenvalue weighted by Crippen LogP contribution is 2.27. The van der Waals surface area contributed by atoms with Crippen LogP contribution in [0.15, 0.2) is 48.7 Å². The van der Waals surface area contributed by atoms with Crippen molar-refractivity contribution in [3.05, 3.63) is 54.2 Å². The van der Waals surface area contributed by atoms with Crippen molar-refractivity contribution in [3.63, 3.8) is 0 Å². The largest absolute Gasteiger partial charge is 0.275 e. The molecule has 3 rings (SSSR count). The Hall–Kier alpha value is -2.09. The second-order valence-electron chi connectivity index (χ2n) is 4.41. The van der Waals surface area contributed by atoms with Crippen LogP contribution in [0, 0.1) is 6.92 Å². The number of nitrogens with zero attached hydrogens (tertiary/aromatic N) is 2. The molecule has 0 bridgehead atoms. The predicted octanol–water partition coefficient (Wildman–Crippen LogP) is 3.55. The summed E-state index contributed by atoms with van der Waals surface area (Å²) >= 11 is 0. The quantitative estimate of drug-likeness (QED) is 0.615. The lowest BCUT2D eigenvalue weighted by atomic mass is 10.0. The van der Waals surface area contributed by atoms with Gasteiger partial charge in [-0.3, -0.25) is 4.68 Å². The van der Waals surface area contributed by atoms with E-state index < -0.39 is 0 Å². The van der Waals surface area contributed by atoms with Crippen LogP contribution in [0.25, 0.3) is 22.0 Å². The predicted molar refractivity (Wildman–Crippen MR) is 70.9 cm³/mol. The van der Waals surface area contributed by atoms with E-state index in [0.29, 0.717) is 0 Å². The van der Waals surface area contributed by atoms with E-state index in [1.54, 1.807) is 0 Å². The lowest BCUT2D eigenvalue weighted by Crippen LogP contribution is -1.84. The van der Waals surface area contributed by atoms with Gasteiger partial charge < -0.3 is 0 Å². The molecule has 0 amide bonds. The fourth-order valence-electron chi connectivity index (χ4n) is 2.15. The van der Waals surface area contributed by atoms with Crippen molar-refractivity contribution in [2.75, 3.05) is 0 Å². The van der Waals surface area contributed by atoms with Gasteiger partial charge in [-0.1, -0.05) is 42.0 Å². The minimum absolute atomic E-state index is 1.05. The topological polar surface area (TPSA) is 17.8 Å². The monoisotopic (exact) mass is 222 g/mol. The molecule has 0 fully saturated rings. The van der Waals surface area contributed by atoms with Crippen molar-refractivity contribution in [3.8, 4) is 11.1 Å². The van der Waals surface area contributed by atoms with E-state index >= 15 is 0 Å². The summed E-state index contributed by atoms with van der Waals surface area (Å²) in [6, 6.07) is 14.9. The van der Waals surface area contributed by atoms with Gasteiger partial charge in [-0.25, -0.2) is 0 Å². The minimum Gasteiger partial charge on any atom is -0.275 e. The third-order valence-corrected chi connectivity index (χ3v) is 3.03. The van der Waals surface area contributed by atoms with E-state index in [9.17, 15) is 0 Å². The summed E-state index contributed by atoms with van der Waals surface area (Å²) in [5, 5.41) is 5.64. The van der Waals surface area contributed by atoms with Crippen LogP contribution in [-0.4, -0.2) is 9.78 Å². The number of hydrogen-bond acceptors (Lipinski definition) is 1. The molecule has 17 heavy (non-hydrogen) atoms. The number of aromatic nitrogens is 2. The van der Waals surface area contributed by atoms with Crippen molar-refractivity contribution in [2.45, 2.75) is 6.92 Å². The maximum atomic E-state index is 4.43. The van der Waals surface area contributed by atoms with E-state index in [-0.39, 0.29) is 0 Å². The molecule has 0 atom stereocenters. The van der Waals surface area contributed by atoms with Crippen LogP contribution < -0.4 is 0 Å². The molecule has 2 aromatic carbocycles. The number of rotatable bonds is 1. The zero-order valence-electron chi connectivity index (χ0n) is 10.0. The highest BCUT2D eigenvalue weighted by molar-refractivity contribution is 5.94. The van der Waals surface area contributed by atoms with Gasteiger partial charge in [-0.2, -0.15) is 5.10 Å². The average Bonchev–Trinajstić information content (AvgIpc) is 2.70. The van der Waals surface area contributed by atoms with Crippen LogP contribution in [-0.2, 0) is 7.05 Å². The van der Waals surface area contributed by atoms with Gasteiger partial charge in [0.1, 0.15) is 0 Å². The molecule has 0 unspecified atom stereocenters. The van der Waals surface area contributed by atoms with Gasteiger partial charge in [0.05, 0.1) is 5.52 Å². The molecule has 2 heteroatoms. The van der Waals surface area contributed by atoms with E-state index in [1.165, 1.54) is 22.1 Å². The average molecular weight is 222 g/mol. The Morgan fingerprint density at radius 1 is 1.00 bits per heavy atom. The smallest absolute Gasteiger partial charge is 0.0929 e. The van der Waals surface area contributed by atoms with E-state index in [0.717, 1.165) is 5.52 Å². The second-order valence-corrected chi connectivity index (χ2v) is 4.41. The Bertz CT molecular complexity index is 663. The van der Waals surface area contributed by atoms with E-state index in [1.807, 2.05) is 17.8 Å². The lowest BCUT2D eigenvalue weighted by molar-refractivity contribution is 0.780. The molecule has 3 aromatic rings. The van der Waals surface area contributed by atoms with Gasteiger partial charge in [0.25, 0.3) is 0 Å². The Morgan fingerprint density at radius 3 is 2.53 bits per heavy atom. The molecule has 0 aliphatic heterocycles. The third-order valence-electron chi connectivity index (χ3n) is 3.03. The number of benzene rings is 2. The number of fused-ring (bicyclic) bond motifs is 1. The second kappa shape index (κ2) is 3.74. The van der Waals surface area contributed by atoms with Crippen molar-refractivity contribution in [1.29, 1.82) is 0 Å². The van der Waals surface area contributed by atoms with Gasteiger partial charge in [0.15, 0.2) is 0 Å². The molecule has 0 aliphatic carbocycles. The molecule has 1 heterocycles. The normalized spacial score (nSPS) is 10.9. The molecule has 0 saturated carbocycles. The SMILES string of the molecule is Cc1ccc(-c2cccc3nn(C)cc23)cc1. The Labute approximate surface area is 101 Å². The van der Waals surface area contributed by atoms with Gasteiger partial charge >= 0.3 is 0 Å². The first-order valence-electron chi connectivity index (χ1n) is 5.73. The maximum Gasteiger partial charge on any atom is 0.0929 e. The highest BCUT2D eigenvalue weighted by atomic mass is 15.2. The molecule has 0 saturated heterocycles. The molecule has 0 N–H and O–H groups in total. The number of aryl methyl sites for hydroxylation is 2. The van der Waals surface area contributed by atoms with Crippen molar-refractivity contribution in [2.24, 2.45) is 7.05 Å². The van der Waals surface area contributed by atoms with Gasteiger partial charge in [0, 0.05) is 18.6 Å². The first-order valence-corrected chi connectivity index (χ1v) is 5.73. The Balaban J connectivity index is 2.26. The summed E-state index contributed by atoms with van der Waals surface area (Å²) < 4.78 is 1.86. The zero-order valence-corrected chi connectivity index (χ0v) is 10.0. The van der Waals surface area contributed by atoms with Gasteiger partial charge in [-0.05, 0) is 24.1 Å². The highest BCUT2D eigenvalue weighted by Gasteiger charge is 2.05. The van der Waals surface area contributed by atoms with Crippen LogP contribution in [0.2, 0.25) is 0 Å². The maximum absolute atomic E-state index is 4.43. The van der Waals surface area contributed by atoms with Crippen molar-refractivity contribution < 1.29 is 0 Å². The minimum atomic E-state index is 1.05. The van der Waals surface area contributed by atoms with Gasteiger partial charge in [0.2, 0.25) is 0 Å². The fourth-order valence-corrected chi connectivity index (χ4v) is 2.15. The molecule has 2 nitrogen and oxygen atoms in total. The molecule has 84 valence electrons. The summed E-state index contributed by atoms with van der Waals surface area (Å²) in [4.78, 5) is 0. The van der Waals surface area contributed by atoms with Crippen LogP contribution in [0.4, 0.5) is 0 Å². The zero-order chi connectivity index (χ0) is 11.8. The Morgan fingerprint density at radius 2 is 1.76 bits per heavy atom. The van der Waals surface area contributed by atoms with Crippen molar-refractivity contribution >= 4 is 10.9 Å². The molecule has 0 spiro atoms. The third kappa shape index (κ3) is 1.72. The molecule has 0 radical (unpaired) electrons. The summed E-state index contributed by atoms with van der Waals surface area (Å²) in [5.41, 5.74) is 4.82. The van der Waals surface area contributed by atoms with Gasteiger partial charge in [-0.15, -0.1) is 0 Å². The van der Waals surface area contributed by atoms with E-state index in [4.69, 9.17) is 0 Å². The summed E-state index contributed by atoms with van der Waals surface area (Å²) in [6.07, 6.45) is 2.07. The molecule has 1 aromatic heterocycles. The summed E-state index contributed by atoms with van der Waals surface area (Å²) in [5.74, 6) is 0. The molecule has 0 aliphatic rings.